The number of rotatable bonds is 6. The van der Waals surface area contributed by atoms with E-state index in [9.17, 15) is 4.79 Å². The van der Waals surface area contributed by atoms with Crippen LogP contribution in [0.25, 0.3) is 11.5 Å². The molecule has 2 heterocycles. The summed E-state index contributed by atoms with van der Waals surface area (Å²) in [5, 5.41) is 11.6. The van der Waals surface area contributed by atoms with E-state index in [2.05, 4.69) is 52.5 Å². The van der Waals surface area contributed by atoms with Gasteiger partial charge in [0.1, 0.15) is 5.75 Å². The maximum atomic E-state index is 12.9. The quantitative estimate of drug-likeness (QED) is 0.617. The third kappa shape index (κ3) is 4.77. The molecule has 0 aliphatic carbocycles. The van der Waals surface area contributed by atoms with Crippen LogP contribution in [-0.4, -0.2) is 36.3 Å². The van der Waals surface area contributed by atoms with Crippen LogP contribution in [0.3, 0.4) is 0 Å². The average molecular weight is 435 g/mol. The molecular formula is C25H30N4O3. The Balaban J connectivity index is 1.32. The van der Waals surface area contributed by atoms with Gasteiger partial charge >= 0.3 is 6.01 Å². The number of benzene rings is 2. The fourth-order valence-electron chi connectivity index (χ4n) is 4.25. The second-order valence-electron chi connectivity index (χ2n) is 8.47. The average Bonchev–Trinajstić information content (AvgIpc) is 3.29. The summed E-state index contributed by atoms with van der Waals surface area (Å²) in [6.45, 7) is 7.63. The molecule has 7 heteroatoms. The monoisotopic (exact) mass is 434 g/mol. The molecule has 1 aliphatic rings. The Hall–Kier alpha value is -3.35. The predicted molar refractivity (Wildman–Crippen MR) is 124 cm³/mol. The number of piperidine rings is 1. The molecule has 1 saturated heterocycles. The van der Waals surface area contributed by atoms with Crippen LogP contribution in [-0.2, 0) is 4.79 Å². The van der Waals surface area contributed by atoms with E-state index in [1.807, 2.05) is 31.2 Å². The van der Waals surface area contributed by atoms with Crippen molar-refractivity contribution in [3.63, 3.8) is 0 Å². The van der Waals surface area contributed by atoms with Gasteiger partial charge in [-0.25, -0.2) is 0 Å². The summed E-state index contributed by atoms with van der Waals surface area (Å²) in [5.74, 6) is 1.36. The Kier molecular flexibility index (Phi) is 6.44. The first kappa shape index (κ1) is 21.9. The molecule has 0 radical (unpaired) electrons. The summed E-state index contributed by atoms with van der Waals surface area (Å²) >= 11 is 0. The van der Waals surface area contributed by atoms with Crippen LogP contribution in [0.4, 0.5) is 6.01 Å². The largest absolute Gasteiger partial charge is 0.497 e. The van der Waals surface area contributed by atoms with Crippen LogP contribution < -0.4 is 15.0 Å². The smallest absolute Gasteiger partial charge is 0.318 e. The van der Waals surface area contributed by atoms with Crippen molar-refractivity contribution in [1.82, 2.24) is 15.5 Å². The maximum absolute atomic E-state index is 12.9. The van der Waals surface area contributed by atoms with Crippen LogP contribution in [0.1, 0.15) is 42.5 Å². The molecule has 1 unspecified atom stereocenters. The summed E-state index contributed by atoms with van der Waals surface area (Å²) in [5.41, 5.74) is 4.45. The molecule has 1 N–H and O–H groups in total. The van der Waals surface area contributed by atoms with E-state index in [-0.39, 0.29) is 17.9 Å². The number of carbonyl (C=O) groups excluding carboxylic acids is 1. The van der Waals surface area contributed by atoms with Gasteiger partial charge in [0.05, 0.1) is 13.2 Å². The minimum atomic E-state index is -0.0107. The van der Waals surface area contributed by atoms with E-state index in [4.69, 9.17) is 9.15 Å². The maximum Gasteiger partial charge on any atom is 0.318 e. The van der Waals surface area contributed by atoms with Crippen molar-refractivity contribution in [2.24, 2.45) is 5.92 Å². The Morgan fingerprint density at radius 1 is 1.12 bits per heavy atom. The second-order valence-corrected chi connectivity index (χ2v) is 8.47. The molecule has 0 saturated carbocycles. The molecule has 1 fully saturated rings. The lowest BCUT2D eigenvalue weighted by molar-refractivity contribution is -0.126. The number of carbonyl (C=O) groups is 1. The first-order chi connectivity index (χ1) is 15.4. The number of methoxy groups -OCH3 is 1. The van der Waals surface area contributed by atoms with Crippen molar-refractivity contribution in [2.75, 3.05) is 25.1 Å². The van der Waals surface area contributed by atoms with Gasteiger partial charge in [-0.15, -0.1) is 5.10 Å². The van der Waals surface area contributed by atoms with E-state index in [1.54, 1.807) is 7.11 Å². The van der Waals surface area contributed by atoms with Crippen molar-refractivity contribution in [2.45, 2.75) is 39.7 Å². The Bertz CT molecular complexity index is 1070. The fraction of sp³-hybridized carbons (Fsp3) is 0.400. The lowest BCUT2D eigenvalue weighted by atomic mass is 9.94. The predicted octanol–water partition coefficient (Wildman–Crippen LogP) is 4.46. The van der Waals surface area contributed by atoms with E-state index < -0.39 is 0 Å². The number of amides is 1. The highest BCUT2D eigenvalue weighted by Crippen LogP contribution is 2.27. The summed E-state index contributed by atoms with van der Waals surface area (Å²) < 4.78 is 11.1. The van der Waals surface area contributed by atoms with Crippen molar-refractivity contribution < 1.29 is 13.9 Å². The minimum absolute atomic E-state index is 0.0101. The molecule has 1 amide bonds. The number of anilines is 1. The van der Waals surface area contributed by atoms with Crippen LogP contribution >= 0.6 is 0 Å². The lowest BCUT2D eigenvalue weighted by Gasteiger charge is -2.30. The number of hydrogen-bond acceptors (Lipinski definition) is 6. The van der Waals surface area contributed by atoms with Gasteiger partial charge in [-0.05, 0) is 69.0 Å². The lowest BCUT2D eigenvalue weighted by Crippen LogP contribution is -2.41. The minimum Gasteiger partial charge on any atom is -0.497 e. The highest BCUT2D eigenvalue weighted by Gasteiger charge is 2.28. The van der Waals surface area contributed by atoms with E-state index >= 15 is 0 Å². The van der Waals surface area contributed by atoms with Crippen LogP contribution in [0.5, 0.6) is 5.75 Å². The highest BCUT2D eigenvalue weighted by atomic mass is 16.5. The third-order valence-electron chi connectivity index (χ3n) is 6.14. The van der Waals surface area contributed by atoms with Crippen LogP contribution in [0.2, 0.25) is 0 Å². The molecule has 32 heavy (non-hydrogen) atoms. The third-order valence-corrected chi connectivity index (χ3v) is 6.14. The van der Waals surface area contributed by atoms with E-state index in [1.165, 1.54) is 16.7 Å². The Morgan fingerprint density at radius 3 is 2.50 bits per heavy atom. The van der Waals surface area contributed by atoms with Crippen molar-refractivity contribution >= 4 is 11.9 Å². The zero-order valence-corrected chi connectivity index (χ0v) is 19.1. The van der Waals surface area contributed by atoms with E-state index in [0.29, 0.717) is 25.0 Å². The molecule has 0 bridgehead atoms. The first-order valence-corrected chi connectivity index (χ1v) is 11.0. The summed E-state index contributed by atoms with van der Waals surface area (Å²) in [6, 6.07) is 14.4. The number of aryl methyl sites for hydroxylation is 2. The number of nitrogens with one attached hydrogen (secondary N) is 1. The zero-order valence-electron chi connectivity index (χ0n) is 19.1. The molecule has 4 rings (SSSR count). The SMILES string of the molecule is COc1ccc(-c2nnc(N3CCC(C(=O)NC(C)c4ccc(C)cc4C)CC3)o2)cc1. The molecule has 1 atom stereocenters. The molecule has 1 aromatic heterocycles. The topological polar surface area (TPSA) is 80.5 Å². The Morgan fingerprint density at radius 2 is 1.84 bits per heavy atom. The van der Waals surface area contributed by atoms with Crippen molar-refractivity contribution in [1.29, 1.82) is 0 Å². The van der Waals surface area contributed by atoms with Crippen LogP contribution in [0, 0.1) is 19.8 Å². The van der Waals surface area contributed by atoms with Gasteiger partial charge in [-0.2, -0.15) is 0 Å². The number of nitrogens with zero attached hydrogens (tertiary/aromatic N) is 3. The Labute approximate surface area is 188 Å². The van der Waals surface area contributed by atoms with Crippen molar-refractivity contribution in [3.8, 4) is 17.2 Å². The molecule has 2 aromatic carbocycles. The highest BCUT2D eigenvalue weighted by molar-refractivity contribution is 5.79. The second kappa shape index (κ2) is 9.42. The summed E-state index contributed by atoms with van der Waals surface area (Å²) in [7, 11) is 1.63. The first-order valence-electron chi connectivity index (χ1n) is 11.0. The van der Waals surface area contributed by atoms with Gasteiger partial charge in [0.2, 0.25) is 11.8 Å². The molecule has 7 nitrogen and oxygen atoms in total. The molecular weight excluding hydrogens is 404 g/mol. The number of aromatic nitrogens is 2. The number of ether oxygens (including phenoxy) is 1. The zero-order chi connectivity index (χ0) is 22.7. The van der Waals surface area contributed by atoms with E-state index in [0.717, 1.165) is 24.2 Å². The normalized spacial score (nSPS) is 15.4. The standard InChI is InChI=1S/C25H30N4O3/c1-16-5-10-22(17(2)15-16)18(3)26-23(30)19-11-13-29(14-12-19)25-28-27-24(32-25)20-6-8-21(31-4)9-7-20/h5-10,15,18-19H,11-14H2,1-4H3,(H,26,30). The molecule has 0 spiro atoms. The molecule has 168 valence electrons. The van der Waals surface area contributed by atoms with Gasteiger partial charge < -0.3 is 19.4 Å². The molecule has 1 aliphatic heterocycles. The fourth-order valence-corrected chi connectivity index (χ4v) is 4.25. The van der Waals surface area contributed by atoms with Crippen molar-refractivity contribution in [3.05, 3.63) is 59.2 Å². The van der Waals surface area contributed by atoms with Gasteiger partial charge in [-0.1, -0.05) is 28.9 Å². The molecule has 3 aromatic rings. The number of hydrogen-bond donors (Lipinski definition) is 1. The van der Waals surface area contributed by atoms with Gasteiger partial charge in [0.15, 0.2) is 0 Å². The summed E-state index contributed by atoms with van der Waals surface area (Å²) in [6.07, 6.45) is 1.51. The summed E-state index contributed by atoms with van der Waals surface area (Å²) in [4.78, 5) is 14.9. The van der Waals surface area contributed by atoms with Gasteiger partial charge in [-0.3, -0.25) is 4.79 Å². The van der Waals surface area contributed by atoms with Crippen LogP contribution in [0.15, 0.2) is 46.9 Å². The van der Waals surface area contributed by atoms with Gasteiger partial charge in [0, 0.05) is 24.6 Å². The van der Waals surface area contributed by atoms with Gasteiger partial charge in [0.25, 0.3) is 0 Å².